The molecule has 0 amide bonds. The summed E-state index contributed by atoms with van der Waals surface area (Å²) in [5.74, 6) is 0.203. The average Bonchev–Trinajstić information content (AvgIpc) is 2.27. The first-order valence-electron chi connectivity index (χ1n) is 6.22. The molecule has 0 aliphatic heterocycles. The zero-order chi connectivity index (χ0) is 12.5. The first-order chi connectivity index (χ1) is 8.06. The number of methoxy groups -OCH3 is 1. The molecule has 0 radical (unpaired) electrons. The summed E-state index contributed by atoms with van der Waals surface area (Å²) >= 11 is 0. The van der Waals surface area contributed by atoms with E-state index < -0.39 is 0 Å². The van der Waals surface area contributed by atoms with Crippen LogP contribution in [-0.4, -0.2) is 18.5 Å². The van der Waals surface area contributed by atoms with Crippen molar-refractivity contribution in [3.8, 4) is 0 Å². The molecule has 0 saturated heterocycles. The molecule has 0 N–H and O–H groups in total. The third-order valence-electron chi connectivity index (χ3n) is 4.01. The predicted molar refractivity (Wildman–Crippen MR) is 68.5 cm³/mol. The fraction of sp³-hybridized carbons (Fsp3) is 0.533. The molecule has 1 aromatic rings. The van der Waals surface area contributed by atoms with Crippen LogP contribution in [0.3, 0.4) is 0 Å². The predicted octanol–water partition coefficient (Wildman–Crippen LogP) is 3.45. The van der Waals surface area contributed by atoms with E-state index in [0.29, 0.717) is 6.42 Å². The molecule has 0 spiro atoms. The van der Waals surface area contributed by atoms with E-state index in [1.807, 2.05) is 25.1 Å². The third kappa shape index (κ3) is 2.42. The summed E-state index contributed by atoms with van der Waals surface area (Å²) < 4.78 is 5.50. The van der Waals surface area contributed by atoms with Crippen molar-refractivity contribution in [2.75, 3.05) is 7.11 Å². The second-order valence-electron chi connectivity index (χ2n) is 5.14. The lowest BCUT2D eigenvalue weighted by Gasteiger charge is -2.40. The van der Waals surface area contributed by atoms with Gasteiger partial charge in [-0.15, -0.1) is 0 Å². The molecule has 0 heterocycles. The molecule has 2 nitrogen and oxygen atoms in total. The van der Waals surface area contributed by atoms with Gasteiger partial charge in [-0.25, -0.2) is 0 Å². The molecule has 17 heavy (non-hydrogen) atoms. The van der Waals surface area contributed by atoms with E-state index in [1.54, 1.807) is 7.11 Å². The number of Topliss-reactive ketones (excluding diaryl/α,β-unsaturated/α-hetero) is 1. The Hall–Kier alpha value is -1.15. The fourth-order valence-corrected chi connectivity index (χ4v) is 2.33. The van der Waals surface area contributed by atoms with Crippen LogP contribution in [0.15, 0.2) is 18.2 Å². The van der Waals surface area contributed by atoms with Crippen LogP contribution in [0.1, 0.15) is 47.2 Å². The van der Waals surface area contributed by atoms with Gasteiger partial charge in [0.15, 0.2) is 5.78 Å². The van der Waals surface area contributed by atoms with Crippen LogP contribution in [0.5, 0.6) is 0 Å². The number of rotatable bonds is 4. The normalized spacial score (nSPS) is 17.6. The summed E-state index contributed by atoms with van der Waals surface area (Å²) in [5.41, 5.74) is 3.05. The Kier molecular flexibility index (Phi) is 3.34. The highest BCUT2D eigenvalue weighted by Gasteiger charge is 2.39. The van der Waals surface area contributed by atoms with E-state index in [4.69, 9.17) is 4.74 Å². The minimum absolute atomic E-state index is 0.171. The largest absolute Gasteiger partial charge is 0.378 e. The van der Waals surface area contributed by atoms with Crippen molar-refractivity contribution in [1.82, 2.24) is 0 Å². The fourth-order valence-electron chi connectivity index (χ4n) is 2.33. The number of ketones is 1. The lowest BCUT2D eigenvalue weighted by Crippen LogP contribution is -2.41. The first-order valence-corrected chi connectivity index (χ1v) is 6.22. The number of benzene rings is 1. The van der Waals surface area contributed by atoms with Crippen molar-refractivity contribution in [3.05, 3.63) is 34.9 Å². The molecule has 1 aliphatic carbocycles. The van der Waals surface area contributed by atoms with Gasteiger partial charge in [0.1, 0.15) is 0 Å². The number of carbonyl (C=O) groups is 1. The van der Waals surface area contributed by atoms with Gasteiger partial charge in [0.2, 0.25) is 0 Å². The highest BCUT2D eigenvalue weighted by molar-refractivity contribution is 5.97. The quantitative estimate of drug-likeness (QED) is 0.743. The summed E-state index contributed by atoms with van der Waals surface area (Å²) in [6.45, 7) is 4.10. The molecule has 0 aromatic heterocycles. The van der Waals surface area contributed by atoms with Crippen molar-refractivity contribution in [1.29, 1.82) is 0 Å². The first kappa shape index (κ1) is 12.3. The topological polar surface area (TPSA) is 26.3 Å². The molecule has 92 valence electrons. The van der Waals surface area contributed by atoms with Gasteiger partial charge in [0.05, 0.1) is 5.60 Å². The standard InChI is InChI=1S/C15H20O2/c1-11-5-6-13(9-12(11)2)14(16)10-15(17-3)7-4-8-15/h5-6,9H,4,7-8,10H2,1-3H3. The van der Waals surface area contributed by atoms with Crippen molar-refractivity contribution in [2.24, 2.45) is 0 Å². The number of aryl methyl sites for hydroxylation is 2. The lowest BCUT2D eigenvalue weighted by molar-refractivity contribution is -0.0704. The van der Waals surface area contributed by atoms with E-state index in [2.05, 4.69) is 6.92 Å². The Bertz CT molecular complexity index is 425. The van der Waals surface area contributed by atoms with Crippen LogP contribution in [0.4, 0.5) is 0 Å². The smallest absolute Gasteiger partial charge is 0.165 e. The van der Waals surface area contributed by atoms with Crippen molar-refractivity contribution >= 4 is 5.78 Å². The van der Waals surface area contributed by atoms with Gasteiger partial charge >= 0.3 is 0 Å². The zero-order valence-corrected chi connectivity index (χ0v) is 10.9. The van der Waals surface area contributed by atoms with Crippen LogP contribution < -0.4 is 0 Å². The Labute approximate surface area is 103 Å². The summed E-state index contributed by atoms with van der Waals surface area (Å²) in [5, 5.41) is 0. The number of hydrogen-bond donors (Lipinski definition) is 0. The minimum atomic E-state index is -0.171. The maximum absolute atomic E-state index is 12.2. The maximum Gasteiger partial charge on any atom is 0.165 e. The van der Waals surface area contributed by atoms with E-state index in [9.17, 15) is 4.79 Å². The molecule has 1 saturated carbocycles. The van der Waals surface area contributed by atoms with Crippen molar-refractivity contribution < 1.29 is 9.53 Å². The van der Waals surface area contributed by atoms with Gasteiger partial charge in [0.25, 0.3) is 0 Å². The number of carbonyl (C=O) groups excluding carboxylic acids is 1. The van der Waals surface area contributed by atoms with Crippen LogP contribution in [-0.2, 0) is 4.74 Å². The van der Waals surface area contributed by atoms with Gasteiger partial charge in [0, 0.05) is 19.1 Å². The molecule has 0 unspecified atom stereocenters. The van der Waals surface area contributed by atoms with Gasteiger partial charge in [-0.3, -0.25) is 4.79 Å². The molecule has 2 rings (SSSR count). The number of hydrogen-bond acceptors (Lipinski definition) is 2. The molecule has 1 aromatic carbocycles. The second-order valence-corrected chi connectivity index (χ2v) is 5.14. The molecular formula is C15H20O2. The van der Waals surface area contributed by atoms with E-state index in [1.165, 1.54) is 17.5 Å². The monoisotopic (exact) mass is 232 g/mol. The summed E-state index contributed by atoms with van der Waals surface area (Å²) in [4.78, 5) is 12.2. The van der Waals surface area contributed by atoms with Crippen LogP contribution in [0.25, 0.3) is 0 Å². The van der Waals surface area contributed by atoms with Crippen LogP contribution >= 0.6 is 0 Å². The van der Waals surface area contributed by atoms with Crippen LogP contribution in [0.2, 0.25) is 0 Å². The molecule has 1 aliphatic rings. The van der Waals surface area contributed by atoms with E-state index >= 15 is 0 Å². The lowest BCUT2D eigenvalue weighted by atomic mass is 9.75. The number of ether oxygens (including phenoxy) is 1. The summed E-state index contributed by atoms with van der Waals surface area (Å²) in [7, 11) is 1.72. The van der Waals surface area contributed by atoms with Gasteiger partial charge in [-0.1, -0.05) is 12.1 Å². The highest BCUT2D eigenvalue weighted by Crippen LogP contribution is 2.38. The zero-order valence-electron chi connectivity index (χ0n) is 10.9. The minimum Gasteiger partial charge on any atom is -0.378 e. The average molecular weight is 232 g/mol. The van der Waals surface area contributed by atoms with Gasteiger partial charge < -0.3 is 4.74 Å². The van der Waals surface area contributed by atoms with Crippen molar-refractivity contribution in [2.45, 2.75) is 45.1 Å². The summed E-state index contributed by atoms with van der Waals surface area (Å²) in [6, 6.07) is 5.93. The Balaban J connectivity index is 2.11. The molecule has 0 atom stereocenters. The third-order valence-corrected chi connectivity index (χ3v) is 4.01. The maximum atomic E-state index is 12.2. The Morgan fingerprint density at radius 2 is 2.00 bits per heavy atom. The molecule has 1 fully saturated rings. The molecule has 2 heteroatoms. The summed E-state index contributed by atoms with van der Waals surface area (Å²) in [6.07, 6.45) is 3.72. The highest BCUT2D eigenvalue weighted by atomic mass is 16.5. The van der Waals surface area contributed by atoms with Gasteiger partial charge in [-0.2, -0.15) is 0 Å². The van der Waals surface area contributed by atoms with E-state index in [-0.39, 0.29) is 11.4 Å². The SMILES string of the molecule is COC1(CC(=O)c2ccc(C)c(C)c2)CCC1. The second kappa shape index (κ2) is 4.61. The Morgan fingerprint density at radius 1 is 1.29 bits per heavy atom. The van der Waals surface area contributed by atoms with Gasteiger partial charge in [-0.05, 0) is 50.3 Å². The van der Waals surface area contributed by atoms with Crippen LogP contribution in [0, 0.1) is 13.8 Å². The van der Waals surface area contributed by atoms with E-state index in [0.717, 1.165) is 18.4 Å². The molecule has 0 bridgehead atoms. The molecular weight excluding hydrogens is 212 g/mol. The van der Waals surface area contributed by atoms with Crippen molar-refractivity contribution in [3.63, 3.8) is 0 Å². The Morgan fingerprint density at radius 3 is 2.47 bits per heavy atom.